The monoisotopic (exact) mass is 441 g/mol. The molecule has 6 nitrogen and oxygen atoms in total. The average Bonchev–Trinajstić information content (AvgIpc) is 3.34. The highest BCUT2D eigenvalue weighted by molar-refractivity contribution is 8.18. The summed E-state index contributed by atoms with van der Waals surface area (Å²) in [4.78, 5) is 21.7. The van der Waals surface area contributed by atoms with E-state index in [1.165, 1.54) is 17.1 Å². The molecule has 1 fully saturated rings. The second kappa shape index (κ2) is 7.78. The van der Waals surface area contributed by atoms with Gasteiger partial charge in [0.05, 0.1) is 16.6 Å². The van der Waals surface area contributed by atoms with E-state index in [4.69, 9.17) is 11.6 Å². The summed E-state index contributed by atoms with van der Waals surface area (Å²) in [6.45, 7) is 3.05. The lowest BCUT2D eigenvalue weighted by molar-refractivity contribution is -0.113. The maximum Gasteiger partial charge on any atom is 0.286 e. The number of aliphatic imine (C=N–C) groups is 1. The van der Waals surface area contributed by atoms with Gasteiger partial charge in [-0.2, -0.15) is 13.7 Å². The number of aromatic nitrogens is 2. The van der Waals surface area contributed by atoms with Crippen LogP contribution in [0.3, 0.4) is 0 Å². The molecule has 146 valence electrons. The largest absolute Gasteiger partial charge is 0.350 e. The van der Waals surface area contributed by atoms with Crippen LogP contribution in [0.1, 0.15) is 5.56 Å². The summed E-state index contributed by atoms with van der Waals surface area (Å²) in [5.41, 5.74) is 1.01. The quantitative estimate of drug-likeness (QED) is 0.557. The number of nitrogens with zero attached hydrogens (tertiary/aromatic N) is 5. The molecule has 3 aromatic rings. The molecule has 3 heterocycles. The van der Waals surface area contributed by atoms with Crippen molar-refractivity contribution in [1.29, 1.82) is 0 Å². The summed E-state index contributed by atoms with van der Waals surface area (Å²) in [5, 5.41) is 3.56. The molecule has 0 radical (unpaired) electrons. The Morgan fingerprint density at radius 1 is 0.966 bits per heavy atom. The van der Waals surface area contributed by atoms with Gasteiger partial charge in [0.1, 0.15) is 0 Å². The van der Waals surface area contributed by atoms with Crippen molar-refractivity contribution < 1.29 is 4.79 Å². The lowest BCUT2D eigenvalue weighted by Gasteiger charge is -2.35. The predicted octanol–water partition coefficient (Wildman–Crippen LogP) is 4.14. The summed E-state index contributed by atoms with van der Waals surface area (Å²) < 4.78 is 8.29. The fourth-order valence-electron chi connectivity index (χ4n) is 3.45. The van der Waals surface area contributed by atoms with Crippen LogP contribution in [0, 0.1) is 0 Å². The maximum atomic E-state index is 12.4. The highest BCUT2D eigenvalue weighted by Gasteiger charge is 2.29. The molecule has 2 aliphatic rings. The van der Waals surface area contributed by atoms with Gasteiger partial charge in [-0.15, -0.1) is 0 Å². The van der Waals surface area contributed by atoms with Crippen molar-refractivity contribution in [1.82, 2.24) is 13.6 Å². The van der Waals surface area contributed by atoms with Crippen molar-refractivity contribution in [3.8, 4) is 0 Å². The van der Waals surface area contributed by atoms with Crippen LogP contribution in [0.4, 0.5) is 5.82 Å². The van der Waals surface area contributed by atoms with E-state index < -0.39 is 0 Å². The average molecular weight is 442 g/mol. The number of hydrogen-bond acceptors (Lipinski definition) is 7. The molecule has 5 rings (SSSR count). The Morgan fingerprint density at radius 3 is 2.48 bits per heavy atom. The Labute approximate surface area is 181 Å². The minimum absolute atomic E-state index is 0.174. The van der Waals surface area contributed by atoms with E-state index in [1.54, 1.807) is 0 Å². The number of carbonyl (C=O) groups excluding carboxylic acids is 1. The zero-order valence-electron chi connectivity index (χ0n) is 15.3. The molecule has 0 unspecified atom stereocenters. The summed E-state index contributed by atoms with van der Waals surface area (Å²) in [7, 11) is 0. The zero-order valence-corrected chi connectivity index (χ0v) is 17.7. The van der Waals surface area contributed by atoms with Gasteiger partial charge in [0.15, 0.2) is 16.1 Å². The normalized spacial score (nSPS) is 18.7. The third-order valence-corrected chi connectivity index (χ3v) is 6.88. The fourth-order valence-corrected chi connectivity index (χ4v) is 5.20. The van der Waals surface area contributed by atoms with E-state index in [1.807, 2.05) is 24.3 Å². The van der Waals surface area contributed by atoms with Crippen molar-refractivity contribution in [2.45, 2.75) is 0 Å². The molecule has 29 heavy (non-hydrogen) atoms. The van der Waals surface area contributed by atoms with E-state index in [0.717, 1.165) is 59.8 Å². The van der Waals surface area contributed by atoms with Crippen LogP contribution >= 0.6 is 35.1 Å². The van der Waals surface area contributed by atoms with Crippen molar-refractivity contribution >= 4 is 68.8 Å². The van der Waals surface area contributed by atoms with Crippen molar-refractivity contribution in [3.05, 3.63) is 58.1 Å². The number of hydrogen-bond donors (Lipinski definition) is 0. The van der Waals surface area contributed by atoms with Gasteiger partial charge in [-0.1, -0.05) is 48.0 Å². The van der Waals surface area contributed by atoms with Gasteiger partial charge in [-0.25, -0.2) is 0 Å². The van der Waals surface area contributed by atoms with Crippen LogP contribution in [0.25, 0.3) is 16.8 Å². The lowest BCUT2D eigenvalue weighted by Crippen LogP contribution is -2.48. The molecular weight excluding hydrogens is 426 g/mol. The molecule has 1 amide bonds. The van der Waals surface area contributed by atoms with Crippen LogP contribution < -0.4 is 4.90 Å². The standard InChI is InChI=1S/C20H16ClN5OS2/c21-17-18(24-29-23-17)25-7-9-26(10-8-25)20-22-19(27)16(28-20)12-13-5-6-14-3-1-2-4-15(14)11-13/h1-6,11-12H,7-10H2/b16-12-. The number of anilines is 1. The molecule has 0 aliphatic carbocycles. The first-order chi connectivity index (χ1) is 14.2. The third kappa shape index (κ3) is 3.75. The summed E-state index contributed by atoms with van der Waals surface area (Å²) in [6, 6.07) is 14.4. The minimum atomic E-state index is -0.174. The van der Waals surface area contributed by atoms with Gasteiger partial charge in [-0.3, -0.25) is 4.79 Å². The molecule has 9 heteroatoms. The third-order valence-electron chi connectivity index (χ3n) is 4.96. The Morgan fingerprint density at radius 2 is 1.72 bits per heavy atom. The molecule has 1 aromatic heterocycles. The number of amidine groups is 1. The predicted molar refractivity (Wildman–Crippen MR) is 121 cm³/mol. The van der Waals surface area contributed by atoms with E-state index in [2.05, 4.69) is 47.8 Å². The smallest absolute Gasteiger partial charge is 0.286 e. The first-order valence-electron chi connectivity index (χ1n) is 9.17. The number of halogens is 1. The lowest BCUT2D eigenvalue weighted by atomic mass is 10.1. The van der Waals surface area contributed by atoms with Crippen molar-refractivity contribution in [2.24, 2.45) is 4.99 Å². The zero-order chi connectivity index (χ0) is 19.8. The molecule has 0 N–H and O–H groups in total. The molecule has 0 atom stereocenters. The highest BCUT2D eigenvalue weighted by atomic mass is 35.5. The summed E-state index contributed by atoms with van der Waals surface area (Å²) >= 11 is 8.65. The van der Waals surface area contributed by atoms with Gasteiger partial charge in [-0.05, 0) is 40.2 Å². The van der Waals surface area contributed by atoms with E-state index in [-0.39, 0.29) is 5.91 Å². The van der Waals surface area contributed by atoms with Crippen molar-refractivity contribution in [3.63, 3.8) is 0 Å². The first kappa shape index (κ1) is 18.6. The Balaban J connectivity index is 1.28. The van der Waals surface area contributed by atoms with E-state index in [0.29, 0.717) is 10.1 Å². The maximum absolute atomic E-state index is 12.4. The number of fused-ring (bicyclic) bond motifs is 1. The molecule has 0 bridgehead atoms. The molecule has 2 aliphatic heterocycles. The van der Waals surface area contributed by atoms with Gasteiger partial charge < -0.3 is 9.80 Å². The SMILES string of the molecule is O=C1N=C(N2CCN(c3nsnc3Cl)CC2)S/C1=C\c1ccc2ccccc2c1. The topological polar surface area (TPSA) is 61.7 Å². The molecular formula is C20H16ClN5OS2. The molecule has 2 aromatic carbocycles. The number of carbonyl (C=O) groups is 1. The van der Waals surface area contributed by atoms with Crippen LogP contribution in [0.15, 0.2) is 52.4 Å². The van der Waals surface area contributed by atoms with Gasteiger partial charge >= 0.3 is 0 Å². The van der Waals surface area contributed by atoms with Crippen LogP contribution in [0.2, 0.25) is 5.15 Å². The van der Waals surface area contributed by atoms with Crippen LogP contribution in [-0.2, 0) is 4.79 Å². The van der Waals surface area contributed by atoms with Crippen molar-refractivity contribution in [2.75, 3.05) is 31.1 Å². The van der Waals surface area contributed by atoms with Gasteiger partial charge in [0, 0.05) is 26.2 Å². The number of benzene rings is 2. The molecule has 1 saturated heterocycles. The number of thioether (sulfide) groups is 1. The second-order valence-corrected chi connectivity index (χ2v) is 8.67. The number of rotatable bonds is 2. The first-order valence-corrected chi connectivity index (χ1v) is 11.1. The number of piperazine rings is 1. The highest BCUT2D eigenvalue weighted by Crippen LogP contribution is 2.32. The molecule has 0 saturated carbocycles. The fraction of sp³-hybridized carbons (Fsp3) is 0.200. The second-order valence-electron chi connectivity index (χ2n) is 6.77. The van der Waals surface area contributed by atoms with Gasteiger partial charge in [0.2, 0.25) is 0 Å². The Hall–Kier alpha value is -2.42. The molecule has 0 spiro atoms. The Kier molecular flexibility index (Phi) is 4.99. The summed E-state index contributed by atoms with van der Waals surface area (Å²) in [6.07, 6.45) is 1.92. The van der Waals surface area contributed by atoms with Crippen LogP contribution in [0.5, 0.6) is 0 Å². The Bertz CT molecular complexity index is 1150. The number of amides is 1. The van der Waals surface area contributed by atoms with Crippen LogP contribution in [-0.4, -0.2) is 50.9 Å². The summed E-state index contributed by atoms with van der Waals surface area (Å²) in [5.74, 6) is 0.567. The van der Waals surface area contributed by atoms with E-state index >= 15 is 0 Å². The minimum Gasteiger partial charge on any atom is -0.350 e. The van der Waals surface area contributed by atoms with Gasteiger partial charge in [0.25, 0.3) is 5.91 Å². The van der Waals surface area contributed by atoms with E-state index in [9.17, 15) is 4.79 Å².